The zero-order valence-corrected chi connectivity index (χ0v) is 17.1. The first kappa shape index (κ1) is 18.8. The van der Waals surface area contributed by atoms with Gasteiger partial charge >= 0.3 is 0 Å². The Hall–Kier alpha value is -3.16. The second kappa shape index (κ2) is 6.97. The number of hydrogen-bond donors (Lipinski definition) is 2. The molecule has 30 heavy (non-hydrogen) atoms. The molecule has 1 aliphatic carbocycles. The van der Waals surface area contributed by atoms with Gasteiger partial charge in [0.05, 0.1) is 16.1 Å². The van der Waals surface area contributed by atoms with Crippen LogP contribution in [0.2, 0.25) is 5.02 Å². The second-order valence-corrected chi connectivity index (χ2v) is 8.05. The molecular formula is C22H20ClN5O2. The van der Waals surface area contributed by atoms with Crippen LogP contribution in [0, 0.1) is 6.92 Å². The van der Waals surface area contributed by atoms with Crippen molar-refractivity contribution < 1.29 is 9.32 Å². The van der Waals surface area contributed by atoms with Gasteiger partial charge in [0, 0.05) is 17.6 Å². The Morgan fingerprint density at radius 1 is 1.23 bits per heavy atom. The first-order valence-electron chi connectivity index (χ1n) is 9.72. The number of aryl methyl sites for hydroxylation is 1. The smallest absolute Gasteiger partial charge is 0.276 e. The van der Waals surface area contributed by atoms with E-state index in [9.17, 15) is 4.79 Å². The number of nitrogens with two attached hydrogens (primary N) is 1. The van der Waals surface area contributed by atoms with Gasteiger partial charge in [0.1, 0.15) is 5.69 Å². The number of nitrogens with one attached hydrogen (secondary N) is 1. The largest absolute Gasteiger partial charge is 0.350 e. The highest BCUT2D eigenvalue weighted by atomic mass is 35.5. The molecule has 5 rings (SSSR count). The van der Waals surface area contributed by atoms with Crippen molar-refractivity contribution in [3.8, 4) is 17.3 Å². The minimum Gasteiger partial charge on any atom is -0.350 e. The van der Waals surface area contributed by atoms with Gasteiger partial charge in [-0.3, -0.25) is 4.79 Å². The van der Waals surface area contributed by atoms with Gasteiger partial charge in [-0.15, -0.1) is 0 Å². The van der Waals surface area contributed by atoms with E-state index < -0.39 is 5.54 Å². The molecule has 0 bridgehead atoms. The minimum atomic E-state index is -0.669. The topological polar surface area (TPSA) is 99.0 Å². The van der Waals surface area contributed by atoms with Gasteiger partial charge in [-0.05, 0) is 43.5 Å². The Labute approximate surface area is 177 Å². The monoisotopic (exact) mass is 421 g/mol. The summed E-state index contributed by atoms with van der Waals surface area (Å²) in [5, 5.41) is 8.28. The summed E-state index contributed by atoms with van der Waals surface area (Å²) in [4.78, 5) is 16.4. The molecular weight excluding hydrogens is 402 g/mol. The summed E-state index contributed by atoms with van der Waals surface area (Å²) < 4.78 is 7.43. The van der Waals surface area contributed by atoms with E-state index in [2.05, 4.69) is 15.5 Å². The van der Waals surface area contributed by atoms with E-state index in [-0.39, 0.29) is 5.91 Å². The van der Waals surface area contributed by atoms with E-state index in [0.717, 1.165) is 35.0 Å². The number of aromatic nitrogens is 3. The quantitative estimate of drug-likeness (QED) is 0.511. The highest BCUT2D eigenvalue weighted by Crippen LogP contribution is 2.39. The van der Waals surface area contributed by atoms with Crippen molar-refractivity contribution in [3.63, 3.8) is 0 Å². The lowest BCUT2D eigenvalue weighted by atomic mass is 10.2. The second-order valence-electron chi connectivity index (χ2n) is 7.67. The molecule has 1 aliphatic rings. The zero-order valence-electron chi connectivity index (χ0n) is 16.4. The molecule has 2 aromatic heterocycles. The Kier molecular flexibility index (Phi) is 4.38. The number of fused-ring (bicyclic) bond motifs is 1. The normalized spacial score (nSPS) is 14.8. The number of rotatable bonds is 5. The molecule has 0 aliphatic heterocycles. The molecule has 2 heterocycles. The van der Waals surface area contributed by atoms with Crippen LogP contribution in [0.1, 0.15) is 24.2 Å². The molecule has 0 unspecified atom stereocenters. The predicted octanol–water partition coefficient (Wildman–Crippen LogP) is 3.75. The fraction of sp³-hybridized carbons (Fsp3) is 0.227. The van der Waals surface area contributed by atoms with E-state index in [0.29, 0.717) is 29.0 Å². The maximum atomic E-state index is 12.1. The summed E-state index contributed by atoms with van der Waals surface area (Å²) in [5.41, 5.74) is 8.74. The number of carbonyl (C=O) groups excluding carboxylic acids is 1. The highest BCUT2D eigenvalue weighted by molar-refractivity contribution is 6.38. The van der Waals surface area contributed by atoms with Crippen molar-refractivity contribution in [1.82, 2.24) is 20.0 Å². The number of carbonyl (C=O) groups is 1. The molecule has 4 aromatic rings. The van der Waals surface area contributed by atoms with Gasteiger partial charge in [-0.2, -0.15) is 4.98 Å². The summed E-state index contributed by atoms with van der Waals surface area (Å²) in [7, 11) is 0. The number of nitrogens with zero attached hydrogens (tertiary/aromatic N) is 3. The van der Waals surface area contributed by atoms with E-state index in [4.69, 9.17) is 21.9 Å². The fourth-order valence-electron chi connectivity index (χ4n) is 3.53. The van der Waals surface area contributed by atoms with E-state index >= 15 is 0 Å². The highest BCUT2D eigenvalue weighted by Gasteiger charge is 2.45. The molecule has 1 fully saturated rings. The number of amides is 1. The fourth-order valence-corrected chi connectivity index (χ4v) is 3.86. The van der Waals surface area contributed by atoms with Gasteiger partial charge < -0.3 is 20.1 Å². The van der Waals surface area contributed by atoms with Crippen LogP contribution in [0.5, 0.6) is 0 Å². The van der Waals surface area contributed by atoms with Crippen LogP contribution >= 0.6 is 11.6 Å². The Morgan fingerprint density at radius 2 is 1.97 bits per heavy atom. The lowest BCUT2D eigenvalue weighted by Crippen LogP contribution is -2.42. The maximum Gasteiger partial charge on any atom is 0.276 e. The van der Waals surface area contributed by atoms with Crippen molar-refractivity contribution in [3.05, 3.63) is 64.9 Å². The van der Waals surface area contributed by atoms with Crippen LogP contribution < -0.4 is 11.1 Å². The first-order chi connectivity index (χ1) is 14.5. The van der Waals surface area contributed by atoms with Crippen molar-refractivity contribution in [1.29, 1.82) is 0 Å². The SMILES string of the molecule is Cc1noc(-c2c(Cl)c3ccccc3n2-c2ccc(CNC(=O)C3(N)CC3)cc2)n1. The van der Waals surface area contributed by atoms with Gasteiger partial charge in [0.15, 0.2) is 5.82 Å². The summed E-state index contributed by atoms with van der Waals surface area (Å²) in [6.45, 7) is 2.20. The van der Waals surface area contributed by atoms with E-state index in [1.807, 2.05) is 53.1 Å². The van der Waals surface area contributed by atoms with Crippen LogP contribution in [-0.2, 0) is 11.3 Å². The third-order valence-corrected chi connectivity index (χ3v) is 5.81. The molecule has 3 N–H and O–H groups in total. The first-order valence-corrected chi connectivity index (χ1v) is 10.1. The molecule has 1 amide bonds. The number of benzene rings is 2. The third kappa shape index (κ3) is 3.16. The molecule has 0 radical (unpaired) electrons. The van der Waals surface area contributed by atoms with Crippen molar-refractivity contribution in [2.45, 2.75) is 31.8 Å². The van der Waals surface area contributed by atoms with E-state index in [1.165, 1.54) is 0 Å². The molecule has 0 atom stereocenters. The standard InChI is InChI=1S/C22H20ClN5O2/c1-13-26-20(30-27-13)19-18(23)16-4-2-3-5-17(16)28(19)15-8-6-14(7-9-15)12-25-21(29)22(24)10-11-22/h2-9H,10-12,24H2,1H3,(H,25,29). The molecule has 152 valence electrons. The molecule has 7 nitrogen and oxygen atoms in total. The van der Waals surface area contributed by atoms with E-state index in [1.54, 1.807) is 6.92 Å². The Balaban J connectivity index is 1.52. The van der Waals surface area contributed by atoms with Crippen LogP contribution in [-0.4, -0.2) is 26.2 Å². The predicted molar refractivity (Wildman–Crippen MR) is 114 cm³/mol. The van der Waals surface area contributed by atoms with Crippen molar-refractivity contribution in [2.75, 3.05) is 0 Å². The lowest BCUT2D eigenvalue weighted by molar-refractivity contribution is -0.123. The molecule has 0 spiro atoms. The lowest BCUT2D eigenvalue weighted by Gasteiger charge is -2.12. The number of para-hydroxylation sites is 1. The summed E-state index contributed by atoms with van der Waals surface area (Å²) in [5.74, 6) is 0.809. The molecule has 0 saturated heterocycles. The molecule has 1 saturated carbocycles. The maximum absolute atomic E-state index is 12.1. The van der Waals surface area contributed by atoms with Gasteiger partial charge in [0.2, 0.25) is 5.91 Å². The molecule has 2 aromatic carbocycles. The number of hydrogen-bond acceptors (Lipinski definition) is 5. The Morgan fingerprint density at radius 3 is 2.63 bits per heavy atom. The summed E-state index contributed by atoms with van der Waals surface area (Å²) in [6.07, 6.45) is 1.49. The van der Waals surface area contributed by atoms with Crippen LogP contribution in [0.25, 0.3) is 28.2 Å². The third-order valence-electron chi connectivity index (χ3n) is 5.43. The molecule has 8 heteroatoms. The number of halogens is 1. The van der Waals surface area contributed by atoms with Crippen LogP contribution in [0.3, 0.4) is 0 Å². The minimum absolute atomic E-state index is 0.0937. The van der Waals surface area contributed by atoms with Crippen molar-refractivity contribution >= 4 is 28.4 Å². The van der Waals surface area contributed by atoms with Gasteiger partial charge in [0.25, 0.3) is 5.89 Å². The van der Waals surface area contributed by atoms with Crippen molar-refractivity contribution in [2.24, 2.45) is 5.73 Å². The summed E-state index contributed by atoms with van der Waals surface area (Å²) in [6, 6.07) is 15.8. The Bertz CT molecular complexity index is 1250. The summed E-state index contributed by atoms with van der Waals surface area (Å²) >= 11 is 6.71. The van der Waals surface area contributed by atoms with Crippen LogP contribution in [0.4, 0.5) is 0 Å². The average molecular weight is 422 g/mol. The average Bonchev–Trinajstić information content (AvgIpc) is 3.26. The van der Waals surface area contributed by atoms with Gasteiger partial charge in [-0.1, -0.05) is 47.1 Å². The van der Waals surface area contributed by atoms with Gasteiger partial charge in [-0.25, -0.2) is 0 Å². The zero-order chi connectivity index (χ0) is 20.9. The van der Waals surface area contributed by atoms with Crippen LogP contribution in [0.15, 0.2) is 53.1 Å².